The average molecular weight is 532 g/mol. The minimum atomic E-state index is -1.06. The summed E-state index contributed by atoms with van der Waals surface area (Å²) in [5.74, 6) is -2.19. The van der Waals surface area contributed by atoms with E-state index in [0.717, 1.165) is 77.0 Å². The van der Waals surface area contributed by atoms with Crippen LogP contribution in [0.15, 0.2) is 0 Å². The summed E-state index contributed by atoms with van der Waals surface area (Å²) in [5.41, 5.74) is 5.26. The number of carbonyl (C=O) groups is 5. The van der Waals surface area contributed by atoms with E-state index in [2.05, 4.69) is 16.0 Å². The molecule has 4 aliphatic rings. The van der Waals surface area contributed by atoms with Crippen LogP contribution in [0.25, 0.3) is 0 Å². The Morgan fingerprint density at radius 2 is 1.42 bits per heavy atom. The molecule has 1 heterocycles. The predicted molar refractivity (Wildman–Crippen MR) is 142 cm³/mol. The van der Waals surface area contributed by atoms with Crippen molar-refractivity contribution >= 4 is 29.5 Å². The number of nitrogens with two attached hydrogens (primary N) is 1. The van der Waals surface area contributed by atoms with E-state index in [0.29, 0.717) is 25.8 Å². The van der Waals surface area contributed by atoms with Gasteiger partial charge in [-0.2, -0.15) is 0 Å². The SMILES string of the molecule is NC(=O)C(=O)C(CC1CCC1)NC(=O)[C@@H]1CCCN1C(=O)[C@@H](NC(=O)NC1CCCCC1)C1CCCCC1. The molecule has 38 heavy (non-hydrogen) atoms. The van der Waals surface area contributed by atoms with Crippen molar-refractivity contribution in [2.45, 2.75) is 127 Å². The highest BCUT2D eigenvalue weighted by atomic mass is 16.2. The Kier molecular flexibility index (Phi) is 10.0. The first-order chi connectivity index (χ1) is 18.3. The molecule has 0 radical (unpaired) electrons. The Bertz CT molecular complexity index is 879. The van der Waals surface area contributed by atoms with E-state index >= 15 is 0 Å². The molecular weight excluding hydrogens is 486 g/mol. The Balaban J connectivity index is 1.43. The van der Waals surface area contributed by atoms with E-state index in [1.807, 2.05) is 0 Å². The summed E-state index contributed by atoms with van der Waals surface area (Å²) in [6, 6.07) is -2.57. The molecule has 0 bridgehead atoms. The number of primary amides is 1. The fourth-order valence-electron chi connectivity index (χ4n) is 6.68. The lowest BCUT2D eigenvalue weighted by Gasteiger charge is -2.35. The Morgan fingerprint density at radius 1 is 0.763 bits per heavy atom. The van der Waals surface area contributed by atoms with Gasteiger partial charge in [-0.3, -0.25) is 19.2 Å². The molecule has 212 valence electrons. The molecule has 3 aliphatic carbocycles. The third-order valence-electron chi connectivity index (χ3n) is 9.12. The van der Waals surface area contributed by atoms with Crippen molar-refractivity contribution in [1.29, 1.82) is 0 Å². The quantitative estimate of drug-likeness (QED) is 0.319. The van der Waals surface area contributed by atoms with Crippen LogP contribution in [0.4, 0.5) is 4.79 Å². The molecule has 10 nitrogen and oxygen atoms in total. The van der Waals surface area contributed by atoms with Crippen LogP contribution in [0.1, 0.15) is 103 Å². The second-order valence-corrected chi connectivity index (χ2v) is 11.8. The number of rotatable bonds is 10. The van der Waals surface area contributed by atoms with E-state index in [1.54, 1.807) is 4.90 Å². The van der Waals surface area contributed by atoms with Crippen LogP contribution in [0.2, 0.25) is 0 Å². The standard InChI is InChI=1S/C28H45N5O5/c29-25(35)24(34)21(17-18-9-7-10-18)31-26(36)22-15-8-16-33(22)27(37)23(19-11-3-1-4-12-19)32-28(38)30-20-13-5-2-6-14-20/h18-23H,1-17H2,(H2,29,35)(H,31,36)(H2,30,32,38)/t21?,22-,23-/m0/s1. The second kappa shape index (κ2) is 13.4. The van der Waals surface area contributed by atoms with Gasteiger partial charge in [0.2, 0.25) is 17.6 Å². The molecule has 0 spiro atoms. The minimum Gasteiger partial charge on any atom is -0.363 e. The molecule has 0 aromatic carbocycles. The zero-order valence-corrected chi connectivity index (χ0v) is 22.6. The number of nitrogens with one attached hydrogen (secondary N) is 3. The number of carbonyl (C=O) groups excluding carboxylic acids is 5. The van der Waals surface area contributed by atoms with Crippen LogP contribution in [0.5, 0.6) is 0 Å². The van der Waals surface area contributed by atoms with Gasteiger partial charge in [0, 0.05) is 12.6 Å². The summed E-state index contributed by atoms with van der Waals surface area (Å²) < 4.78 is 0. The Morgan fingerprint density at radius 3 is 2.03 bits per heavy atom. The first-order valence-corrected chi connectivity index (χ1v) is 14.8. The third-order valence-corrected chi connectivity index (χ3v) is 9.12. The number of amides is 5. The smallest absolute Gasteiger partial charge is 0.315 e. The van der Waals surface area contributed by atoms with Gasteiger partial charge in [-0.25, -0.2) is 4.79 Å². The zero-order valence-electron chi connectivity index (χ0n) is 22.6. The van der Waals surface area contributed by atoms with Gasteiger partial charge in [0.15, 0.2) is 0 Å². The average Bonchev–Trinajstić information content (AvgIpc) is 3.39. The van der Waals surface area contributed by atoms with Crippen LogP contribution >= 0.6 is 0 Å². The normalized spacial score (nSPS) is 24.6. The first kappa shape index (κ1) is 28.4. The molecule has 0 aromatic rings. The van der Waals surface area contributed by atoms with Gasteiger partial charge in [-0.05, 0) is 56.8 Å². The lowest BCUT2D eigenvalue weighted by molar-refractivity contribution is -0.143. The summed E-state index contributed by atoms with van der Waals surface area (Å²) in [6.45, 7) is 0.420. The summed E-state index contributed by atoms with van der Waals surface area (Å²) in [7, 11) is 0. The second-order valence-electron chi connectivity index (χ2n) is 11.8. The molecule has 3 saturated carbocycles. The highest BCUT2D eigenvalue weighted by Crippen LogP contribution is 2.32. The van der Waals surface area contributed by atoms with Gasteiger partial charge in [-0.15, -0.1) is 0 Å². The van der Waals surface area contributed by atoms with Crippen LogP contribution in [0, 0.1) is 11.8 Å². The molecule has 5 N–H and O–H groups in total. The fraction of sp³-hybridized carbons (Fsp3) is 0.821. The minimum absolute atomic E-state index is 0.0282. The Labute approximate surface area is 225 Å². The lowest BCUT2D eigenvalue weighted by atomic mass is 9.80. The van der Waals surface area contributed by atoms with Crippen molar-refractivity contribution in [1.82, 2.24) is 20.9 Å². The van der Waals surface area contributed by atoms with Gasteiger partial charge in [-0.1, -0.05) is 57.8 Å². The van der Waals surface area contributed by atoms with Gasteiger partial charge in [0.05, 0.1) is 6.04 Å². The predicted octanol–water partition coefficient (Wildman–Crippen LogP) is 2.29. The van der Waals surface area contributed by atoms with E-state index in [9.17, 15) is 24.0 Å². The van der Waals surface area contributed by atoms with Crippen LogP contribution in [-0.2, 0) is 19.2 Å². The van der Waals surface area contributed by atoms with Crippen LogP contribution in [-0.4, -0.2) is 65.1 Å². The number of ketones is 1. The fourth-order valence-corrected chi connectivity index (χ4v) is 6.68. The molecule has 4 fully saturated rings. The molecule has 4 rings (SSSR count). The maximum atomic E-state index is 13.9. The van der Waals surface area contributed by atoms with Gasteiger partial charge >= 0.3 is 6.03 Å². The van der Waals surface area contributed by atoms with Crippen molar-refractivity contribution in [3.63, 3.8) is 0 Å². The van der Waals surface area contributed by atoms with Crippen LogP contribution < -0.4 is 21.7 Å². The van der Waals surface area contributed by atoms with Crippen LogP contribution in [0.3, 0.4) is 0 Å². The molecule has 1 aliphatic heterocycles. The molecule has 1 unspecified atom stereocenters. The molecule has 1 saturated heterocycles. The Hall–Kier alpha value is -2.65. The van der Waals surface area contributed by atoms with Crippen molar-refractivity contribution in [2.24, 2.45) is 17.6 Å². The van der Waals surface area contributed by atoms with Gasteiger partial charge in [0.25, 0.3) is 5.91 Å². The maximum Gasteiger partial charge on any atom is 0.315 e. The monoisotopic (exact) mass is 531 g/mol. The highest BCUT2D eigenvalue weighted by Gasteiger charge is 2.42. The zero-order chi connectivity index (χ0) is 27.1. The molecule has 3 atom stereocenters. The molecule has 5 amide bonds. The van der Waals surface area contributed by atoms with E-state index < -0.39 is 35.7 Å². The summed E-state index contributed by atoms with van der Waals surface area (Å²) in [6.07, 6.45) is 14.7. The first-order valence-electron chi connectivity index (χ1n) is 14.8. The van der Waals surface area contributed by atoms with Crippen molar-refractivity contribution in [3.05, 3.63) is 0 Å². The number of urea groups is 1. The number of likely N-dealkylation sites (tertiary alicyclic amines) is 1. The largest absolute Gasteiger partial charge is 0.363 e. The summed E-state index contributed by atoms with van der Waals surface area (Å²) in [5, 5.41) is 8.82. The molecule has 0 aromatic heterocycles. The number of hydrogen-bond acceptors (Lipinski definition) is 5. The van der Waals surface area contributed by atoms with E-state index in [-0.39, 0.29) is 29.8 Å². The lowest BCUT2D eigenvalue weighted by Crippen LogP contribution is -2.59. The number of nitrogens with zero attached hydrogens (tertiary/aromatic N) is 1. The number of Topliss-reactive ketones (excluding diaryl/α,β-unsaturated/α-hetero) is 1. The summed E-state index contributed by atoms with van der Waals surface area (Å²) in [4.78, 5) is 65.9. The maximum absolute atomic E-state index is 13.9. The third kappa shape index (κ3) is 7.26. The topological polar surface area (TPSA) is 151 Å². The van der Waals surface area contributed by atoms with Gasteiger partial charge in [0.1, 0.15) is 12.1 Å². The van der Waals surface area contributed by atoms with Crippen molar-refractivity contribution in [2.75, 3.05) is 6.54 Å². The molecule has 10 heteroatoms. The van der Waals surface area contributed by atoms with E-state index in [4.69, 9.17) is 5.73 Å². The number of hydrogen-bond donors (Lipinski definition) is 4. The highest BCUT2D eigenvalue weighted by molar-refractivity contribution is 6.37. The van der Waals surface area contributed by atoms with Crippen molar-refractivity contribution in [3.8, 4) is 0 Å². The van der Waals surface area contributed by atoms with Gasteiger partial charge < -0.3 is 26.6 Å². The molecular formula is C28H45N5O5. The summed E-state index contributed by atoms with van der Waals surface area (Å²) >= 11 is 0. The van der Waals surface area contributed by atoms with Crippen molar-refractivity contribution < 1.29 is 24.0 Å². The van der Waals surface area contributed by atoms with E-state index in [1.165, 1.54) is 6.42 Å².